The number of rotatable bonds is 5. The predicted molar refractivity (Wildman–Crippen MR) is 111 cm³/mol. The molecular formula is C20H20N6OS. The number of fused-ring (bicyclic) bond motifs is 1. The number of hydrogen-bond donors (Lipinski definition) is 1. The summed E-state index contributed by atoms with van der Waals surface area (Å²) in [7, 11) is 0. The lowest BCUT2D eigenvalue weighted by molar-refractivity contribution is 0.122. The van der Waals surface area contributed by atoms with Crippen LogP contribution in [0.2, 0.25) is 0 Å². The molecule has 4 heterocycles. The van der Waals surface area contributed by atoms with Crippen LogP contribution in [0.15, 0.2) is 54.9 Å². The maximum absolute atomic E-state index is 5.39. The monoisotopic (exact) mass is 392 g/mol. The largest absolute Gasteiger partial charge is 0.378 e. The summed E-state index contributed by atoms with van der Waals surface area (Å²) in [5, 5.41) is 8.80. The van der Waals surface area contributed by atoms with Crippen molar-refractivity contribution >= 4 is 27.2 Å². The van der Waals surface area contributed by atoms with Crippen molar-refractivity contribution < 1.29 is 4.74 Å². The van der Waals surface area contributed by atoms with Crippen molar-refractivity contribution in [1.29, 1.82) is 0 Å². The number of pyridine rings is 1. The highest BCUT2D eigenvalue weighted by Gasteiger charge is 2.12. The fraction of sp³-hybridized carbons (Fsp3) is 0.250. The van der Waals surface area contributed by atoms with Crippen molar-refractivity contribution in [2.45, 2.75) is 6.54 Å². The minimum atomic E-state index is 0.679. The molecule has 1 fully saturated rings. The summed E-state index contributed by atoms with van der Waals surface area (Å²) < 4.78 is 7.22. The van der Waals surface area contributed by atoms with Crippen molar-refractivity contribution in [1.82, 2.24) is 19.6 Å². The van der Waals surface area contributed by atoms with E-state index in [-0.39, 0.29) is 0 Å². The summed E-state index contributed by atoms with van der Waals surface area (Å²) in [5.41, 5.74) is 3.16. The van der Waals surface area contributed by atoms with Gasteiger partial charge in [0.2, 0.25) is 10.1 Å². The second kappa shape index (κ2) is 7.57. The average molecular weight is 392 g/mol. The van der Waals surface area contributed by atoms with E-state index in [1.54, 1.807) is 11.3 Å². The van der Waals surface area contributed by atoms with Crippen LogP contribution >= 0.6 is 11.3 Å². The molecule has 7 nitrogen and oxygen atoms in total. The molecule has 3 aromatic heterocycles. The van der Waals surface area contributed by atoms with E-state index in [2.05, 4.69) is 49.5 Å². The van der Waals surface area contributed by atoms with Crippen LogP contribution in [0.4, 0.5) is 10.9 Å². The Kier molecular flexibility index (Phi) is 4.64. The van der Waals surface area contributed by atoms with Gasteiger partial charge >= 0.3 is 0 Å². The van der Waals surface area contributed by atoms with Gasteiger partial charge in [0, 0.05) is 31.4 Å². The van der Waals surface area contributed by atoms with Gasteiger partial charge in [0.25, 0.3) is 0 Å². The molecule has 1 aromatic carbocycles. The second-order valence-corrected chi connectivity index (χ2v) is 7.56. The van der Waals surface area contributed by atoms with Gasteiger partial charge in [-0.05, 0) is 11.6 Å². The minimum absolute atomic E-state index is 0.679. The fourth-order valence-corrected chi connectivity index (χ4v) is 3.98. The third-order valence-corrected chi connectivity index (χ3v) is 5.58. The van der Waals surface area contributed by atoms with E-state index in [4.69, 9.17) is 4.74 Å². The van der Waals surface area contributed by atoms with Gasteiger partial charge in [-0.1, -0.05) is 47.7 Å². The molecule has 0 saturated carbocycles. The van der Waals surface area contributed by atoms with Gasteiger partial charge in [-0.25, -0.2) is 14.5 Å². The summed E-state index contributed by atoms with van der Waals surface area (Å²) in [6.07, 6.45) is 3.88. The SMILES string of the molecule is c1ccc(-c2cn3nc(NCc4ccc(N5CCOCC5)nc4)sc3n2)cc1. The lowest BCUT2D eigenvalue weighted by Crippen LogP contribution is -2.36. The van der Waals surface area contributed by atoms with E-state index in [0.717, 1.165) is 59.0 Å². The molecule has 1 aliphatic heterocycles. The van der Waals surface area contributed by atoms with E-state index >= 15 is 0 Å². The Hall–Kier alpha value is -2.97. The van der Waals surface area contributed by atoms with E-state index in [9.17, 15) is 0 Å². The summed E-state index contributed by atoms with van der Waals surface area (Å²) in [6, 6.07) is 14.3. The van der Waals surface area contributed by atoms with E-state index < -0.39 is 0 Å². The maximum atomic E-state index is 5.39. The Morgan fingerprint density at radius 1 is 1.07 bits per heavy atom. The highest BCUT2D eigenvalue weighted by atomic mass is 32.1. The lowest BCUT2D eigenvalue weighted by Gasteiger charge is -2.27. The number of nitrogens with zero attached hydrogens (tertiary/aromatic N) is 5. The Labute approximate surface area is 166 Å². The molecular weight excluding hydrogens is 372 g/mol. The van der Waals surface area contributed by atoms with Gasteiger partial charge in [0.1, 0.15) is 5.82 Å². The van der Waals surface area contributed by atoms with Gasteiger partial charge in [0.05, 0.1) is 25.1 Å². The van der Waals surface area contributed by atoms with Crippen LogP contribution in [-0.4, -0.2) is 45.9 Å². The van der Waals surface area contributed by atoms with Crippen LogP contribution < -0.4 is 10.2 Å². The summed E-state index contributed by atoms with van der Waals surface area (Å²) >= 11 is 1.54. The molecule has 0 radical (unpaired) electrons. The molecule has 28 heavy (non-hydrogen) atoms. The van der Waals surface area contributed by atoms with Gasteiger partial charge < -0.3 is 15.0 Å². The third kappa shape index (κ3) is 3.56. The van der Waals surface area contributed by atoms with Crippen molar-refractivity contribution in [2.24, 2.45) is 0 Å². The molecule has 4 aromatic rings. The van der Waals surface area contributed by atoms with Gasteiger partial charge in [-0.3, -0.25) is 0 Å². The number of ether oxygens (including phenoxy) is 1. The Morgan fingerprint density at radius 3 is 2.68 bits per heavy atom. The second-order valence-electron chi connectivity index (χ2n) is 6.60. The normalized spacial score (nSPS) is 14.5. The first-order chi connectivity index (χ1) is 13.8. The molecule has 1 aliphatic rings. The summed E-state index contributed by atoms with van der Waals surface area (Å²) in [6.45, 7) is 4.01. The zero-order valence-electron chi connectivity index (χ0n) is 15.3. The van der Waals surface area contributed by atoms with Gasteiger partial charge in [-0.2, -0.15) is 0 Å². The van der Waals surface area contributed by atoms with E-state index in [1.807, 2.05) is 35.1 Å². The number of benzene rings is 1. The van der Waals surface area contributed by atoms with Crippen LogP contribution in [0.25, 0.3) is 16.2 Å². The fourth-order valence-electron chi connectivity index (χ4n) is 3.20. The molecule has 0 atom stereocenters. The predicted octanol–water partition coefficient (Wildman–Crippen LogP) is 3.30. The number of imidazole rings is 1. The molecule has 1 N–H and O–H groups in total. The van der Waals surface area contributed by atoms with Crippen LogP contribution in [0.5, 0.6) is 0 Å². The third-order valence-electron chi connectivity index (χ3n) is 4.70. The Morgan fingerprint density at radius 2 is 1.93 bits per heavy atom. The van der Waals surface area contributed by atoms with Crippen LogP contribution in [0.3, 0.4) is 0 Å². The molecule has 0 amide bonds. The Balaban J connectivity index is 1.24. The lowest BCUT2D eigenvalue weighted by atomic mass is 10.2. The zero-order chi connectivity index (χ0) is 18.8. The quantitative estimate of drug-likeness (QED) is 0.562. The van der Waals surface area contributed by atoms with E-state index in [0.29, 0.717) is 6.54 Å². The minimum Gasteiger partial charge on any atom is -0.378 e. The number of aromatic nitrogens is 4. The molecule has 0 unspecified atom stereocenters. The first-order valence-corrected chi connectivity index (χ1v) is 10.1. The zero-order valence-corrected chi connectivity index (χ0v) is 16.1. The maximum Gasteiger partial charge on any atom is 0.214 e. The summed E-state index contributed by atoms with van der Waals surface area (Å²) in [5.74, 6) is 1.01. The van der Waals surface area contributed by atoms with Crippen LogP contribution in [0, 0.1) is 0 Å². The molecule has 5 rings (SSSR count). The summed E-state index contributed by atoms with van der Waals surface area (Å²) in [4.78, 5) is 12.4. The van der Waals surface area contributed by atoms with Crippen LogP contribution in [-0.2, 0) is 11.3 Å². The smallest absolute Gasteiger partial charge is 0.214 e. The molecule has 1 saturated heterocycles. The first kappa shape index (κ1) is 17.2. The average Bonchev–Trinajstić information content (AvgIpc) is 3.33. The highest BCUT2D eigenvalue weighted by Crippen LogP contribution is 2.24. The molecule has 0 bridgehead atoms. The number of morpholine rings is 1. The molecule has 0 spiro atoms. The number of anilines is 2. The van der Waals surface area contributed by atoms with Crippen LogP contribution in [0.1, 0.15) is 5.56 Å². The van der Waals surface area contributed by atoms with Crippen molar-refractivity contribution in [2.75, 3.05) is 36.5 Å². The van der Waals surface area contributed by atoms with Gasteiger partial charge in [0.15, 0.2) is 0 Å². The molecule has 0 aliphatic carbocycles. The molecule has 8 heteroatoms. The van der Waals surface area contributed by atoms with Crippen molar-refractivity contribution in [3.63, 3.8) is 0 Å². The van der Waals surface area contributed by atoms with Crippen molar-refractivity contribution in [3.8, 4) is 11.3 Å². The number of nitrogens with one attached hydrogen (secondary N) is 1. The first-order valence-electron chi connectivity index (χ1n) is 9.28. The Bertz CT molecular complexity index is 1020. The standard InChI is InChI=1S/C20H20N6OS/c1-2-4-16(5-3-1)17-14-26-20(23-17)28-19(24-26)22-13-15-6-7-18(21-12-15)25-8-10-27-11-9-25/h1-7,12,14H,8-11,13H2,(H,22,24). The topological polar surface area (TPSA) is 67.6 Å². The molecule has 142 valence electrons. The van der Waals surface area contributed by atoms with Gasteiger partial charge in [-0.15, -0.1) is 5.10 Å². The number of hydrogen-bond acceptors (Lipinski definition) is 7. The highest BCUT2D eigenvalue weighted by molar-refractivity contribution is 7.20. The van der Waals surface area contributed by atoms with Crippen molar-refractivity contribution in [3.05, 3.63) is 60.4 Å². The van der Waals surface area contributed by atoms with E-state index in [1.165, 1.54) is 0 Å².